The minimum Gasteiger partial charge on any atom is -0.457 e. The summed E-state index contributed by atoms with van der Waals surface area (Å²) < 4.78 is 22.7. The van der Waals surface area contributed by atoms with Gasteiger partial charge >= 0.3 is 0 Å². The predicted octanol–water partition coefficient (Wildman–Crippen LogP) is 5.33. The Morgan fingerprint density at radius 2 is 1.62 bits per heavy atom. The summed E-state index contributed by atoms with van der Waals surface area (Å²) >= 11 is 0. The minimum atomic E-state index is -0.582. The molecule has 190 valence electrons. The minimum absolute atomic E-state index is 0.230. The number of carbonyl (C=O) groups is 1. The molecule has 1 aliphatic heterocycles. The summed E-state index contributed by atoms with van der Waals surface area (Å²) in [6.45, 7) is 1.84. The van der Waals surface area contributed by atoms with Crippen LogP contribution in [0.25, 0.3) is 22.5 Å². The van der Waals surface area contributed by atoms with E-state index in [1.807, 2.05) is 55.5 Å². The summed E-state index contributed by atoms with van der Waals surface area (Å²) in [6.07, 6.45) is 3.04. The highest BCUT2D eigenvalue weighted by Crippen LogP contribution is 2.44. The number of fused-ring (bicyclic) bond motifs is 3. The Morgan fingerprint density at radius 1 is 0.923 bits per heavy atom. The number of para-hydroxylation sites is 2. The molecule has 4 heterocycles. The molecule has 9 nitrogen and oxygen atoms in total. The van der Waals surface area contributed by atoms with Crippen molar-refractivity contribution in [2.45, 2.75) is 12.8 Å². The van der Waals surface area contributed by atoms with Crippen LogP contribution < -0.4 is 10.1 Å². The summed E-state index contributed by atoms with van der Waals surface area (Å²) in [5, 5.41) is 12.7. The van der Waals surface area contributed by atoms with Gasteiger partial charge in [0.05, 0.1) is 28.9 Å². The number of benzene rings is 3. The lowest BCUT2D eigenvalue weighted by Gasteiger charge is -2.27. The average molecular weight is 518 g/mol. The number of ether oxygens (including phenoxy) is 1. The molecule has 0 bridgehead atoms. The fraction of sp³-hybridized carbons (Fsp3) is 0.0690. The molecule has 0 saturated heterocycles. The maximum Gasteiger partial charge on any atom is 0.237 e. The van der Waals surface area contributed by atoms with Crippen LogP contribution in [0, 0.1) is 12.7 Å². The van der Waals surface area contributed by atoms with Crippen LogP contribution in [0.5, 0.6) is 11.5 Å². The van der Waals surface area contributed by atoms with Crippen LogP contribution in [0.4, 0.5) is 10.2 Å². The molecule has 0 unspecified atom stereocenters. The van der Waals surface area contributed by atoms with Gasteiger partial charge < -0.3 is 10.1 Å². The van der Waals surface area contributed by atoms with Crippen LogP contribution in [0.3, 0.4) is 0 Å². The van der Waals surface area contributed by atoms with E-state index in [0.29, 0.717) is 45.5 Å². The Bertz CT molecular complexity index is 1830. The molecule has 0 fully saturated rings. The number of nitrogens with one attached hydrogen (secondary N) is 1. The lowest BCUT2D eigenvalue weighted by molar-refractivity contribution is -0.116. The van der Waals surface area contributed by atoms with Gasteiger partial charge in [-0.05, 0) is 43.3 Å². The Morgan fingerprint density at radius 3 is 2.33 bits per heavy atom. The second-order valence-electron chi connectivity index (χ2n) is 9.15. The van der Waals surface area contributed by atoms with Gasteiger partial charge in [-0.15, -0.1) is 0 Å². The number of halogens is 1. The van der Waals surface area contributed by atoms with Crippen LogP contribution in [-0.4, -0.2) is 35.4 Å². The molecule has 39 heavy (non-hydrogen) atoms. The number of anilines is 1. The summed E-state index contributed by atoms with van der Waals surface area (Å²) in [4.78, 5) is 22.7. The number of amides is 1. The maximum atomic E-state index is 13.9. The molecule has 1 aliphatic rings. The van der Waals surface area contributed by atoms with E-state index in [2.05, 4.69) is 25.5 Å². The quantitative estimate of drug-likeness (QED) is 0.340. The van der Waals surface area contributed by atoms with E-state index in [0.717, 1.165) is 11.1 Å². The van der Waals surface area contributed by atoms with Gasteiger partial charge in [-0.2, -0.15) is 14.9 Å². The molecule has 3 aromatic carbocycles. The highest BCUT2D eigenvalue weighted by Gasteiger charge is 2.33. The van der Waals surface area contributed by atoms with Crippen LogP contribution in [0.15, 0.2) is 91.4 Å². The molecule has 10 heteroatoms. The Kier molecular flexibility index (Phi) is 5.19. The molecule has 0 spiro atoms. The van der Waals surface area contributed by atoms with Gasteiger partial charge in [-0.3, -0.25) is 4.79 Å². The van der Waals surface area contributed by atoms with Crippen LogP contribution in [0.1, 0.15) is 22.7 Å². The van der Waals surface area contributed by atoms with Gasteiger partial charge in [-0.1, -0.05) is 36.4 Å². The van der Waals surface area contributed by atoms with Gasteiger partial charge in [0.15, 0.2) is 11.5 Å². The monoisotopic (exact) mass is 517 g/mol. The zero-order valence-corrected chi connectivity index (χ0v) is 20.6. The Hall–Kier alpha value is -5.38. The highest BCUT2D eigenvalue weighted by atomic mass is 19.1. The zero-order chi connectivity index (χ0) is 26.5. The van der Waals surface area contributed by atoms with E-state index in [9.17, 15) is 9.18 Å². The van der Waals surface area contributed by atoms with Crippen molar-refractivity contribution in [3.05, 3.63) is 114 Å². The third-order valence-corrected chi connectivity index (χ3v) is 6.64. The first-order valence-electron chi connectivity index (χ1n) is 12.2. The molecule has 3 aromatic heterocycles. The Labute approximate surface area is 221 Å². The van der Waals surface area contributed by atoms with Crippen molar-refractivity contribution in [1.29, 1.82) is 0 Å². The Balaban J connectivity index is 1.29. The molecule has 0 saturated carbocycles. The van der Waals surface area contributed by atoms with Crippen molar-refractivity contribution in [3.8, 4) is 23.0 Å². The number of hydrogen-bond donors (Lipinski definition) is 1. The van der Waals surface area contributed by atoms with Crippen molar-refractivity contribution in [2.75, 3.05) is 5.32 Å². The van der Waals surface area contributed by atoms with Gasteiger partial charge in [0.1, 0.15) is 29.5 Å². The molecule has 1 N–H and O–H groups in total. The van der Waals surface area contributed by atoms with Crippen LogP contribution in [0.2, 0.25) is 0 Å². The number of aromatic nitrogens is 6. The lowest BCUT2D eigenvalue weighted by atomic mass is 9.87. The fourth-order valence-electron chi connectivity index (χ4n) is 4.91. The van der Waals surface area contributed by atoms with Crippen LogP contribution in [-0.2, 0) is 4.79 Å². The van der Waals surface area contributed by atoms with Crippen molar-refractivity contribution in [3.63, 3.8) is 0 Å². The van der Waals surface area contributed by atoms with E-state index < -0.39 is 5.92 Å². The van der Waals surface area contributed by atoms with E-state index in [1.165, 1.54) is 18.5 Å². The highest BCUT2D eigenvalue weighted by molar-refractivity contribution is 5.99. The number of hydrogen-bond acceptors (Lipinski definition) is 6. The van der Waals surface area contributed by atoms with E-state index in [-0.39, 0.29) is 11.7 Å². The zero-order valence-electron chi connectivity index (χ0n) is 20.6. The van der Waals surface area contributed by atoms with Crippen molar-refractivity contribution < 1.29 is 13.9 Å². The lowest BCUT2D eigenvalue weighted by Crippen LogP contribution is -2.26. The smallest absolute Gasteiger partial charge is 0.237 e. The van der Waals surface area contributed by atoms with Gasteiger partial charge in [0, 0.05) is 17.2 Å². The van der Waals surface area contributed by atoms with E-state index in [1.54, 1.807) is 33.8 Å². The second kappa shape index (κ2) is 8.88. The van der Waals surface area contributed by atoms with E-state index >= 15 is 0 Å². The first kappa shape index (κ1) is 22.8. The normalized spacial score (nSPS) is 12.6. The van der Waals surface area contributed by atoms with Gasteiger partial charge in [0.2, 0.25) is 5.91 Å². The van der Waals surface area contributed by atoms with E-state index in [4.69, 9.17) is 4.74 Å². The molecular weight excluding hydrogens is 497 g/mol. The molecule has 0 radical (unpaired) electrons. The molecular formula is C29H20FN7O2. The third kappa shape index (κ3) is 3.81. The molecule has 0 aliphatic carbocycles. The van der Waals surface area contributed by atoms with Crippen molar-refractivity contribution in [1.82, 2.24) is 29.5 Å². The summed E-state index contributed by atoms with van der Waals surface area (Å²) in [6, 6.07) is 22.8. The molecule has 7 rings (SSSR count). The largest absolute Gasteiger partial charge is 0.457 e. The number of carbonyl (C=O) groups excluding carboxylic acids is 1. The molecule has 6 aromatic rings. The topological polar surface area (TPSA) is 99.7 Å². The summed E-state index contributed by atoms with van der Waals surface area (Å²) in [7, 11) is 0. The first-order chi connectivity index (χ1) is 19.1. The predicted molar refractivity (Wildman–Crippen MR) is 142 cm³/mol. The maximum absolute atomic E-state index is 13.9. The number of aryl methyl sites for hydroxylation is 1. The summed E-state index contributed by atoms with van der Waals surface area (Å²) in [5.74, 6) is 1.04. The van der Waals surface area contributed by atoms with Crippen LogP contribution >= 0.6 is 0 Å². The molecule has 1 amide bonds. The second-order valence-corrected chi connectivity index (χ2v) is 9.15. The summed E-state index contributed by atoms with van der Waals surface area (Å²) in [5.41, 5.74) is 3.42. The number of nitrogens with zero attached hydrogens (tertiary/aromatic N) is 6. The fourth-order valence-corrected chi connectivity index (χ4v) is 4.91. The third-order valence-electron chi connectivity index (χ3n) is 6.64. The van der Waals surface area contributed by atoms with Crippen molar-refractivity contribution >= 4 is 22.8 Å². The molecule has 0 atom stereocenters. The van der Waals surface area contributed by atoms with Gasteiger partial charge in [0.25, 0.3) is 0 Å². The van der Waals surface area contributed by atoms with Crippen molar-refractivity contribution in [2.24, 2.45) is 0 Å². The van der Waals surface area contributed by atoms with Gasteiger partial charge in [-0.25, -0.2) is 19.0 Å². The average Bonchev–Trinajstić information content (AvgIpc) is 3.55. The number of rotatable bonds is 4. The first-order valence-corrected chi connectivity index (χ1v) is 12.2. The standard InChI is InChI=1S/C29H20FN7O2/c1-17-14-25(34-29(38)26-20-6-2-4-8-23(20)39-24-9-5-3-7-21(24)26)37(35-17)28-22-15-33-36(27(22)31-16-32-28)19-12-10-18(30)11-13-19/h2-16,26H,1H3,(H,34,38). The SMILES string of the molecule is Cc1cc(NC(=O)C2c3ccccc3Oc3ccccc32)n(-c2ncnc3c2cnn3-c2ccc(F)cc2)n1.